The topological polar surface area (TPSA) is 49.4 Å². The Morgan fingerprint density at radius 3 is 2.55 bits per heavy atom. The van der Waals surface area contributed by atoms with Crippen molar-refractivity contribution in [2.24, 2.45) is 0 Å². The van der Waals surface area contributed by atoms with Crippen LogP contribution in [0.3, 0.4) is 0 Å². The van der Waals surface area contributed by atoms with Crippen molar-refractivity contribution >= 4 is 23.6 Å². The monoisotopic (exact) mass is 298 g/mol. The highest BCUT2D eigenvalue weighted by Gasteiger charge is 2.51. The number of carbonyl (C=O) groups is 2. The second-order valence-corrected chi connectivity index (χ2v) is 6.95. The van der Waals surface area contributed by atoms with Crippen molar-refractivity contribution in [3.8, 4) is 0 Å². The number of hydrogen-bond donors (Lipinski definition) is 1. The first-order valence-electron chi connectivity index (χ1n) is 7.69. The Balaban J connectivity index is 2.28. The van der Waals surface area contributed by atoms with E-state index in [1.165, 1.54) is 6.42 Å². The Morgan fingerprint density at radius 1 is 1.35 bits per heavy atom. The van der Waals surface area contributed by atoms with Gasteiger partial charge in [0.05, 0.1) is 0 Å². The van der Waals surface area contributed by atoms with Gasteiger partial charge in [0.25, 0.3) is 0 Å². The van der Waals surface area contributed by atoms with Crippen molar-refractivity contribution in [2.75, 3.05) is 12.0 Å². The molecule has 20 heavy (non-hydrogen) atoms. The van der Waals surface area contributed by atoms with Crippen LogP contribution >= 0.6 is 11.8 Å². The summed E-state index contributed by atoms with van der Waals surface area (Å²) in [5.74, 6) is 1.08. The lowest BCUT2D eigenvalue weighted by Gasteiger charge is -2.49. The van der Waals surface area contributed by atoms with Gasteiger partial charge in [0.15, 0.2) is 0 Å². The maximum absolute atomic E-state index is 13.0. The molecule has 1 N–H and O–H groups in total. The van der Waals surface area contributed by atoms with Gasteiger partial charge in [-0.2, -0.15) is 11.8 Å². The van der Waals surface area contributed by atoms with Gasteiger partial charge in [0, 0.05) is 11.8 Å². The average Bonchev–Trinajstić information content (AvgIpc) is 2.45. The van der Waals surface area contributed by atoms with Crippen molar-refractivity contribution in [3.63, 3.8) is 0 Å². The van der Waals surface area contributed by atoms with Crippen LogP contribution in [0.2, 0.25) is 0 Å². The Bertz CT molecular complexity index is 380. The summed E-state index contributed by atoms with van der Waals surface area (Å²) in [5.41, 5.74) is -0.604. The van der Waals surface area contributed by atoms with E-state index in [1.807, 2.05) is 11.8 Å². The molecule has 1 aliphatic heterocycles. The molecule has 0 radical (unpaired) electrons. The average molecular weight is 298 g/mol. The highest BCUT2D eigenvalue weighted by Crippen LogP contribution is 2.34. The lowest BCUT2D eigenvalue weighted by molar-refractivity contribution is -0.158. The number of piperazine rings is 1. The second-order valence-electron chi connectivity index (χ2n) is 6.04. The SMILES string of the molecule is CCC(CSC)N1C(=O)C2(CCCCC2)NC(=O)C1C. The third kappa shape index (κ3) is 2.69. The first kappa shape index (κ1) is 15.7. The van der Waals surface area contributed by atoms with E-state index in [0.29, 0.717) is 0 Å². The summed E-state index contributed by atoms with van der Waals surface area (Å²) in [4.78, 5) is 27.2. The van der Waals surface area contributed by atoms with Crippen LogP contribution in [0, 0.1) is 0 Å². The third-order valence-electron chi connectivity index (χ3n) is 4.73. The van der Waals surface area contributed by atoms with E-state index < -0.39 is 5.54 Å². The van der Waals surface area contributed by atoms with E-state index in [4.69, 9.17) is 0 Å². The summed E-state index contributed by atoms with van der Waals surface area (Å²) in [6.45, 7) is 3.95. The van der Waals surface area contributed by atoms with E-state index in [0.717, 1.165) is 37.9 Å². The molecule has 114 valence electrons. The van der Waals surface area contributed by atoms with Crippen LogP contribution in [0.15, 0.2) is 0 Å². The molecular weight excluding hydrogens is 272 g/mol. The molecule has 0 aromatic carbocycles. The zero-order valence-corrected chi connectivity index (χ0v) is 13.6. The van der Waals surface area contributed by atoms with Gasteiger partial charge in [0.1, 0.15) is 11.6 Å². The third-order valence-corrected chi connectivity index (χ3v) is 5.45. The molecule has 2 aliphatic rings. The van der Waals surface area contributed by atoms with Crippen molar-refractivity contribution in [1.82, 2.24) is 10.2 Å². The smallest absolute Gasteiger partial charge is 0.249 e. The molecule has 0 aromatic heterocycles. The zero-order valence-electron chi connectivity index (χ0n) is 12.8. The van der Waals surface area contributed by atoms with E-state index in [2.05, 4.69) is 18.5 Å². The number of carbonyl (C=O) groups excluding carboxylic acids is 2. The molecule has 4 nitrogen and oxygen atoms in total. The van der Waals surface area contributed by atoms with E-state index in [-0.39, 0.29) is 23.9 Å². The molecule has 0 aromatic rings. The standard InChI is InChI=1S/C15H26N2O2S/c1-4-12(10-20-3)17-11(2)13(18)16-15(14(17)19)8-6-5-7-9-15/h11-12H,4-10H2,1-3H3,(H,16,18). The van der Waals surface area contributed by atoms with Crippen molar-refractivity contribution < 1.29 is 9.59 Å². The first-order valence-corrected chi connectivity index (χ1v) is 9.09. The largest absolute Gasteiger partial charge is 0.340 e. The van der Waals surface area contributed by atoms with Crippen molar-refractivity contribution in [3.05, 3.63) is 0 Å². The fraction of sp³-hybridized carbons (Fsp3) is 0.867. The quantitative estimate of drug-likeness (QED) is 0.865. The summed E-state index contributed by atoms with van der Waals surface area (Å²) in [5, 5.41) is 3.05. The minimum absolute atomic E-state index is 0.0195. The second kappa shape index (κ2) is 6.37. The predicted octanol–water partition coefficient (Wildman–Crippen LogP) is 2.18. The van der Waals surface area contributed by atoms with Gasteiger partial charge >= 0.3 is 0 Å². The fourth-order valence-electron chi connectivity index (χ4n) is 3.51. The molecule has 1 saturated heterocycles. The molecular formula is C15H26N2O2S. The fourth-order valence-corrected chi connectivity index (χ4v) is 4.29. The van der Waals surface area contributed by atoms with E-state index >= 15 is 0 Å². The Hall–Kier alpha value is -0.710. The van der Waals surface area contributed by atoms with Crippen LogP contribution in [-0.4, -0.2) is 46.3 Å². The van der Waals surface area contributed by atoms with Crippen LogP contribution in [0.4, 0.5) is 0 Å². The maximum Gasteiger partial charge on any atom is 0.249 e. The highest BCUT2D eigenvalue weighted by molar-refractivity contribution is 7.98. The van der Waals surface area contributed by atoms with Gasteiger partial charge < -0.3 is 10.2 Å². The van der Waals surface area contributed by atoms with Gasteiger partial charge in [-0.15, -0.1) is 0 Å². The Labute approximate surface area is 126 Å². The number of hydrogen-bond acceptors (Lipinski definition) is 3. The van der Waals surface area contributed by atoms with Crippen LogP contribution in [0.1, 0.15) is 52.4 Å². The minimum atomic E-state index is -0.604. The normalized spacial score (nSPS) is 27.6. The molecule has 2 atom stereocenters. The van der Waals surface area contributed by atoms with Gasteiger partial charge in [-0.25, -0.2) is 0 Å². The summed E-state index contributed by atoms with van der Waals surface area (Å²) < 4.78 is 0. The molecule has 0 bridgehead atoms. The highest BCUT2D eigenvalue weighted by atomic mass is 32.2. The number of rotatable bonds is 4. The summed E-state index contributed by atoms with van der Waals surface area (Å²) in [7, 11) is 0. The number of thioether (sulfide) groups is 1. The van der Waals surface area contributed by atoms with Gasteiger partial charge in [-0.3, -0.25) is 9.59 Å². The first-order chi connectivity index (χ1) is 9.55. The van der Waals surface area contributed by atoms with E-state index in [9.17, 15) is 9.59 Å². The Kier molecular flexibility index (Phi) is 4.99. The van der Waals surface area contributed by atoms with Crippen LogP contribution in [-0.2, 0) is 9.59 Å². The lowest BCUT2D eigenvalue weighted by atomic mass is 9.78. The van der Waals surface area contributed by atoms with Crippen LogP contribution in [0.25, 0.3) is 0 Å². The summed E-state index contributed by atoms with van der Waals surface area (Å²) >= 11 is 1.74. The maximum atomic E-state index is 13.0. The zero-order chi connectivity index (χ0) is 14.8. The molecule has 1 heterocycles. The summed E-state index contributed by atoms with van der Waals surface area (Å²) in [6, 6.07) is -0.176. The van der Waals surface area contributed by atoms with Crippen molar-refractivity contribution in [2.45, 2.75) is 70.0 Å². The van der Waals surface area contributed by atoms with Crippen LogP contribution in [0.5, 0.6) is 0 Å². The summed E-state index contributed by atoms with van der Waals surface area (Å²) in [6.07, 6.45) is 7.80. The number of nitrogens with one attached hydrogen (secondary N) is 1. The Morgan fingerprint density at radius 2 is 2.00 bits per heavy atom. The molecule has 2 fully saturated rings. The van der Waals surface area contributed by atoms with Crippen molar-refractivity contribution in [1.29, 1.82) is 0 Å². The number of amides is 2. The molecule has 5 heteroatoms. The van der Waals surface area contributed by atoms with Crippen LogP contribution < -0.4 is 5.32 Å². The molecule has 2 amide bonds. The molecule has 2 rings (SSSR count). The van der Waals surface area contributed by atoms with Gasteiger partial charge in [0.2, 0.25) is 11.8 Å². The van der Waals surface area contributed by atoms with Gasteiger partial charge in [-0.1, -0.05) is 26.2 Å². The predicted molar refractivity (Wildman–Crippen MR) is 82.7 cm³/mol. The molecule has 1 saturated carbocycles. The lowest BCUT2D eigenvalue weighted by Crippen LogP contribution is -2.72. The number of nitrogens with zero attached hydrogens (tertiary/aromatic N) is 1. The van der Waals surface area contributed by atoms with E-state index in [1.54, 1.807) is 11.8 Å². The molecule has 1 aliphatic carbocycles. The van der Waals surface area contributed by atoms with Gasteiger partial charge in [-0.05, 0) is 32.4 Å². The molecule has 2 unspecified atom stereocenters. The minimum Gasteiger partial charge on any atom is -0.340 e. The molecule has 1 spiro atoms.